The van der Waals surface area contributed by atoms with E-state index in [0.717, 1.165) is 20.7 Å². The van der Waals surface area contributed by atoms with Crippen molar-refractivity contribution in [1.82, 2.24) is 9.45 Å². The Hall–Kier alpha value is -3.05. The number of hydrogen-bond acceptors (Lipinski definition) is 7. The molecule has 0 spiro atoms. The second kappa shape index (κ2) is 10.5. The Kier molecular flexibility index (Phi) is 7.75. The minimum Gasteiger partial charge on any atom is -0.487 e. The van der Waals surface area contributed by atoms with E-state index in [4.69, 9.17) is 9.57 Å². The molecule has 1 heterocycles. The Morgan fingerprint density at radius 3 is 2.56 bits per heavy atom. The van der Waals surface area contributed by atoms with Gasteiger partial charge in [-0.05, 0) is 43.3 Å². The highest BCUT2D eigenvalue weighted by Gasteiger charge is 2.20. The van der Waals surface area contributed by atoms with Gasteiger partial charge in [0.15, 0.2) is 0 Å². The third kappa shape index (κ3) is 6.01. The molecule has 8 nitrogen and oxygen atoms in total. The molecule has 3 rings (SSSR count). The van der Waals surface area contributed by atoms with Gasteiger partial charge < -0.3 is 10.1 Å². The molecule has 1 N–H and O–H groups in total. The Labute approximate surface area is 191 Å². The van der Waals surface area contributed by atoms with Crippen molar-refractivity contribution < 1.29 is 22.8 Å². The van der Waals surface area contributed by atoms with Gasteiger partial charge in [0.05, 0.1) is 22.7 Å². The standard InChI is InChI=1S/C22H23N3O5S2/c1-16-23-19(15-31-16)14-30-21-7-5-4-6-17(21)8-13-22(26)24-18-9-11-20(12-10-18)32(27,28)25(2)29-3/h4-13,15H,14H2,1-3H3,(H,24,26)/b13-8+. The lowest BCUT2D eigenvalue weighted by atomic mass is 10.2. The van der Waals surface area contributed by atoms with Crippen LogP contribution in [0.1, 0.15) is 16.3 Å². The van der Waals surface area contributed by atoms with Crippen molar-refractivity contribution in [2.24, 2.45) is 0 Å². The lowest BCUT2D eigenvalue weighted by molar-refractivity contribution is -0.111. The van der Waals surface area contributed by atoms with Crippen LogP contribution in [0.25, 0.3) is 6.08 Å². The quantitative estimate of drug-likeness (QED) is 0.374. The molecule has 0 aliphatic heterocycles. The second-order valence-electron chi connectivity index (χ2n) is 6.63. The highest BCUT2D eigenvalue weighted by molar-refractivity contribution is 7.89. The van der Waals surface area contributed by atoms with Crippen LogP contribution in [0.4, 0.5) is 5.69 Å². The van der Waals surface area contributed by atoms with E-state index in [1.165, 1.54) is 44.5 Å². The first-order valence-corrected chi connectivity index (χ1v) is 11.9. The summed E-state index contributed by atoms with van der Waals surface area (Å²) in [5.74, 6) is 0.276. The molecule has 1 aromatic heterocycles. The number of thiazole rings is 1. The molecular formula is C22H23N3O5S2. The van der Waals surface area contributed by atoms with E-state index in [-0.39, 0.29) is 10.8 Å². The smallest absolute Gasteiger partial charge is 0.264 e. The van der Waals surface area contributed by atoms with Crippen molar-refractivity contribution in [2.75, 3.05) is 19.5 Å². The summed E-state index contributed by atoms with van der Waals surface area (Å²) < 4.78 is 31.1. The van der Waals surface area contributed by atoms with Gasteiger partial charge in [-0.3, -0.25) is 9.63 Å². The SMILES string of the molecule is CON(C)S(=O)(=O)c1ccc(NC(=O)/C=C/c2ccccc2OCc2csc(C)n2)cc1. The third-order valence-electron chi connectivity index (χ3n) is 4.39. The van der Waals surface area contributed by atoms with Crippen molar-refractivity contribution in [3.63, 3.8) is 0 Å². The second-order valence-corrected chi connectivity index (χ2v) is 9.63. The van der Waals surface area contributed by atoms with Gasteiger partial charge in [-0.1, -0.05) is 22.7 Å². The van der Waals surface area contributed by atoms with E-state index in [1.54, 1.807) is 17.4 Å². The monoisotopic (exact) mass is 473 g/mol. The van der Waals surface area contributed by atoms with E-state index in [2.05, 4.69) is 10.3 Å². The number of carbonyl (C=O) groups is 1. The molecule has 0 aliphatic carbocycles. The predicted molar refractivity (Wildman–Crippen MR) is 124 cm³/mol. The van der Waals surface area contributed by atoms with E-state index >= 15 is 0 Å². The lowest BCUT2D eigenvalue weighted by Crippen LogP contribution is -2.25. The molecule has 0 atom stereocenters. The minimum absolute atomic E-state index is 0.0526. The van der Waals surface area contributed by atoms with Crippen LogP contribution in [0.5, 0.6) is 5.75 Å². The van der Waals surface area contributed by atoms with Crippen LogP contribution in [-0.4, -0.2) is 37.9 Å². The zero-order valence-corrected chi connectivity index (χ0v) is 19.4. The summed E-state index contributed by atoms with van der Waals surface area (Å²) in [4.78, 5) is 21.5. The molecular weight excluding hydrogens is 450 g/mol. The van der Waals surface area contributed by atoms with Gasteiger partial charge in [0, 0.05) is 29.8 Å². The number of nitrogens with zero attached hydrogens (tertiary/aromatic N) is 2. The van der Waals surface area contributed by atoms with E-state index < -0.39 is 10.0 Å². The number of anilines is 1. The van der Waals surface area contributed by atoms with Crippen molar-refractivity contribution >= 4 is 39.0 Å². The van der Waals surface area contributed by atoms with Crippen LogP contribution in [0.15, 0.2) is 64.9 Å². The number of aromatic nitrogens is 1. The van der Waals surface area contributed by atoms with Crippen LogP contribution >= 0.6 is 11.3 Å². The van der Waals surface area contributed by atoms with Crippen molar-refractivity contribution in [2.45, 2.75) is 18.4 Å². The zero-order chi connectivity index (χ0) is 23.1. The van der Waals surface area contributed by atoms with Crippen molar-refractivity contribution in [3.05, 3.63) is 76.3 Å². The molecule has 0 saturated carbocycles. The molecule has 0 radical (unpaired) electrons. The number of hydrogen-bond donors (Lipinski definition) is 1. The molecule has 32 heavy (non-hydrogen) atoms. The van der Waals surface area contributed by atoms with Gasteiger partial charge in [-0.25, -0.2) is 13.4 Å². The van der Waals surface area contributed by atoms with E-state index in [0.29, 0.717) is 18.0 Å². The first-order chi connectivity index (χ1) is 15.3. The van der Waals surface area contributed by atoms with Gasteiger partial charge in [0.2, 0.25) is 5.91 Å². The summed E-state index contributed by atoms with van der Waals surface area (Å²) in [7, 11) is -1.18. The fourth-order valence-corrected chi connectivity index (χ4v) is 4.25. The van der Waals surface area contributed by atoms with Gasteiger partial charge >= 0.3 is 0 Å². The number of ether oxygens (including phenoxy) is 1. The average Bonchev–Trinajstić information content (AvgIpc) is 3.21. The number of benzene rings is 2. The lowest BCUT2D eigenvalue weighted by Gasteiger charge is -2.14. The number of amides is 1. The maximum absolute atomic E-state index is 12.3. The number of carbonyl (C=O) groups excluding carboxylic acids is 1. The predicted octanol–water partition coefficient (Wildman–Crippen LogP) is 3.86. The number of rotatable bonds is 9. The molecule has 0 bridgehead atoms. The maximum Gasteiger partial charge on any atom is 0.264 e. The normalized spacial score (nSPS) is 11.8. The van der Waals surface area contributed by atoms with Crippen LogP contribution < -0.4 is 10.1 Å². The third-order valence-corrected chi connectivity index (χ3v) is 6.91. The molecule has 0 aliphatic rings. The van der Waals surface area contributed by atoms with Gasteiger partial charge in [-0.2, -0.15) is 0 Å². The number of para-hydroxylation sites is 1. The fraction of sp³-hybridized carbons (Fsp3) is 0.182. The van der Waals surface area contributed by atoms with Crippen molar-refractivity contribution in [3.8, 4) is 5.75 Å². The molecule has 10 heteroatoms. The molecule has 168 valence electrons. The van der Waals surface area contributed by atoms with Crippen molar-refractivity contribution in [1.29, 1.82) is 0 Å². The maximum atomic E-state index is 12.3. The first-order valence-electron chi connectivity index (χ1n) is 9.54. The van der Waals surface area contributed by atoms with Crippen LogP contribution in [-0.2, 0) is 26.3 Å². The molecule has 0 fully saturated rings. The molecule has 3 aromatic rings. The molecule has 0 saturated heterocycles. The summed E-state index contributed by atoms with van der Waals surface area (Å²) in [6, 6.07) is 13.2. The Morgan fingerprint density at radius 2 is 1.91 bits per heavy atom. The highest BCUT2D eigenvalue weighted by atomic mass is 32.2. The molecule has 1 amide bonds. The number of nitrogens with one attached hydrogen (secondary N) is 1. The number of aryl methyl sites for hydroxylation is 1. The molecule has 0 unspecified atom stereocenters. The van der Waals surface area contributed by atoms with Crippen LogP contribution in [0.2, 0.25) is 0 Å². The van der Waals surface area contributed by atoms with Crippen LogP contribution in [0.3, 0.4) is 0 Å². The van der Waals surface area contributed by atoms with Crippen LogP contribution in [0, 0.1) is 6.92 Å². The topological polar surface area (TPSA) is 97.8 Å². The van der Waals surface area contributed by atoms with Gasteiger partial charge in [0.25, 0.3) is 10.0 Å². The summed E-state index contributed by atoms with van der Waals surface area (Å²) in [6.07, 6.45) is 3.04. The van der Waals surface area contributed by atoms with Gasteiger partial charge in [0.1, 0.15) is 12.4 Å². The van der Waals surface area contributed by atoms with E-state index in [1.807, 2.05) is 36.6 Å². The Bertz CT molecular complexity index is 1200. The zero-order valence-electron chi connectivity index (χ0n) is 17.8. The van der Waals surface area contributed by atoms with E-state index in [9.17, 15) is 13.2 Å². The summed E-state index contributed by atoms with van der Waals surface area (Å²) in [5.41, 5.74) is 2.06. The van der Waals surface area contributed by atoms with Gasteiger partial charge in [-0.15, -0.1) is 11.3 Å². The highest BCUT2D eigenvalue weighted by Crippen LogP contribution is 2.22. The number of hydroxylamine groups is 1. The Balaban J connectivity index is 1.63. The summed E-state index contributed by atoms with van der Waals surface area (Å²) in [6.45, 7) is 2.28. The largest absolute Gasteiger partial charge is 0.487 e. The average molecular weight is 474 g/mol. The summed E-state index contributed by atoms with van der Waals surface area (Å²) >= 11 is 1.56. The summed E-state index contributed by atoms with van der Waals surface area (Å²) in [5, 5.41) is 5.63. The first kappa shape index (κ1) is 23.6. The minimum atomic E-state index is -3.74. The number of sulfonamides is 1. The Morgan fingerprint density at radius 1 is 1.19 bits per heavy atom. The molecule has 2 aromatic carbocycles. The fourth-order valence-electron chi connectivity index (χ4n) is 2.68.